The summed E-state index contributed by atoms with van der Waals surface area (Å²) in [5.74, 6) is -1.09. The van der Waals surface area contributed by atoms with E-state index in [1.54, 1.807) is 9.91 Å². The zero-order chi connectivity index (χ0) is 16.0. The highest BCUT2D eigenvalue weighted by molar-refractivity contribution is 5.96. The molecule has 1 fully saturated rings. The van der Waals surface area contributed by atoms with Crippen LogP contribution in [-0.2, 0) is 0 Å². The minimum Gasteiger partial charge on any atom is -0.394 e. The van der Waals surface area contributed by atoms with Crippen LogP contribution in [0.15, 0.2) is 17.1 Å². The van der Waals surface area contributed by atoms with Gasteiger partial charge in [-0.05, 0) is 19.8 Å². The second-order valence-corrected chi connectivity index (χ2v) is 5.76. The fourth-order valence-corrected chi connectivity index (χ4v) is 3.07. The fourth-order valence-electron chi connectivity index (χ4n) is 3.07. The molecule has 2 atom stereocenters. The standard InChI is InChI=1S/C14H18N4O4/c1-8-2-3-9(6-19)18-7-16(8)14(22)11-4-12(20)10(13(15)21)5-17(11)18/h4-5,8-9,19H,2-3,6-7H2,1H3,(H2,15,21). The molecule has 118 valence electrons. The third kappa shape index (κ3) is 2.07. The van der Waals surface area contributed by atoms with Gasteiger partial charge in [0.15, 0.2) is 5.43 Å². The van der Waals surface area contributed by atoms with Gasteiger partial charge in [0, 0.05) is 18.3 Å². The zero-order valence-electron chi connectivity index (χ0n) is 12.2. The lowest BCUT2D eigenvalue weighted by molar-refractivity contribution is 0.0627. The van der Waals surface area contributed by atoms with Crippen LogP contribution in [0.2, 0.25) is 0 Å². The summed E-state index contributed by atoms with van der Waals surface area (Å²) in [7, 11) is 0. The third-order valence-corrected chi connectivity index (χ3v) is 4.43. The average molecular weight is 306 g/mol. The Morgan fingerprint density at radius 3 is 2.77 bits per heavy atom. The number of carbonyl (C=O) groups excluding carboxylic acids is 2. The highest BCUT2D eigenvalue weighted by atomic mass is 16.3. The second-order valence-electron chi connectivity index (χ2n) is 5.76. The van der Waals surface area contributed by atoms with Crippen molar-refractivity contribution in [3.63, 3.8) is 0 Å². The normalized spacial score (nSPS) is 24.0. The molecule has 2 aliphatic rings. The molecule has 8 heteroatoms. The highest BCUT2D eigenvalue weighted by Gasteiger charge is 2.38. The maximum absolute atomic E-state index is 12.6. The number of aliphatic hydroxyl groups is 1. The van der Waals surface area contributed by atoms with E-state index in [-0.39, 0.29) is 35.9 Å². The Morgan fingerprint density at radius 1 is 1.41 bits per heavy atom. The van der Waals surface area contributed by atoms with Crippen LogP contribution in [0.4, 0.5) is 0 Å². The molecule has 0 saturated carbocycles. The number of hydrogen-bond acceptors (Lipinski definition) is 5. The van der Waals surface area contributed by atoms with Crippen LogP contribution in [0, 0.1) is 0 Å². The molecule has 0 aliphatic carbocycles. The molecule has 1 aromatic rings. The largest absolute Gasteiger partial charge is 0.394 e. The molecule has 0 spiro atoms. The molecule has 2 bridgehead atoms. The first-order chi connectivity index (χ1) is 10.4. The molecule has 2 aliphatic heterocycles. The van der Waals surface area contributed by atoms with E-state index in [1.165, 1.54) is 10.9 Å². The van der Waals surface area contributed by atoms with Crippen molar-refractivity contribution in [1.82, 2.24) is 9.58 Å². The lowest BCUT2D eigenvalue weighted by Gasteiger charge is -2.42. The summed E-state index contributed by atoms with van der Waals surface area (Å²) in [4.78, 5) is 37.6. The van der Waals surface area contributed by atoms with Crippen LogP contribution in [0.1, 0.15) is 40.6 Å². The summed E-state index contributed by atoms with van der Waals surface area (Å²) >= 11 is 0. The Morgan fingerprint density at radius 2 is 2.14 bits per heavy atom. The van der Waals surface area contributed by atoms with E-state index in [2.05, 4.69) is 0 Å². The van der Waals surface area contributed by atoms with E-state index in [4.69, 9.17) is 5.73 Å². The van der Waals surface area contributed by atoms with Crippen molar-refractivity contribution in [3.8, 4) is 0 Å². The Kier molecular flexibility index (Phi) is 3.40. The lowest BCUT2D eigenvalue weighted by Crippen LogP contribution is -2.58. The van der Waals surface area contributed by atoms with Crippen LogP contribution >= 0.6 is 0 Å². The number of rotatable bonds is 2. The van der Waals surface area contributed by atoms with Crippen LogP contribution < -0.4 is 16.2 Å². The summed E-state index contributed by atoms with van der Waals surface area (Å²) in [6, 6.07) is 0.974. The molecule has 3 N–H and O–H groups in total. The van der Waals surface area contributed by atoms with Gasteiger partial charge in [-0.1, -0.05) is 0 Å². The van der Waals surface area contributed by atoms with Crippen molar-refractivity contribution < 1.29 is 14.7 Å². The molecule has 2 amide bonds. The second kappa shape index (κ2) is 5.13. The molecule has 1 saturated heterocycles. The van der Waals surface area contributed by atoms with Crippen molar-refractivity contribution in [1.29, 1.82) is 0 Å². The van der Waals surface area contributed by atoms with Gasteiger partial charge in [0.1, 0.15) is 17.9 Å². The number of pyridine rings is 1. The highest BCUT2D eigenvalue weighted by Crippen LogP contribution is 2.25. The smallest absolute Gasteiger partial charge is 0.274 e. The van der Waals surface area contributed by atoms with Gasteiger partial charge in [0.25, 0.3) is 11.8 Å². The van der Waals surface area contributed by atoms with Gasteiger partial charge in [0.2, 0.25) is 0 Å². The minimum absolute atomic E-state index is 0.0196. The van der Waals surface area contributed by atoms with Crippen molar-refractivity contribution in [2.45, 2.75) is 31.8 Å². The van der Waals surface area contributed by atoms with Crippen molar-refractivity contribution >= 4 is 11.8 Å². The molecule has 8 nitrogen and oxygen atoms in total. The van der Waals surface area contributed by atoms with Gasteiger partial charge in [-0.2, -0.15) is 0 Å². The van der Waals surface area contributed by atoms with E-state index in [1.807, 2.05) is 6.92 Å². The van der Waals surface area contributed by atoms with E-state index in [9.17, 15) is 19.5 Å². The maximum Gasteiger partial charge on any atom is 0.274 e. The first-order valence-electron chi connectivity index (χ1n) is 7.19. The molecule has 2 unspecified atom stereocenters. The number of fused-ring (bicyclic) bond motifs is 4. The van der Waals surface area contributed by atoms with Crippen molar-refractivity contribution in [2.75, 3.05) is 18.3 Å². The number of carbonyl (C=O) groups is 2. The van der Waals surface area contributed by atoms with Gasteiger partial charge in [-0.15, -0.1) is 0 Å². The van der Waals surface area contributed by atoms with E-state index >= 15 is 0 Å². The molecule has 0 aromatic carbocycles. The van der Waals surface area contributed by atoms with Crippen LogP contribution in [0.3, 0.4) is 0 Å². The molecule has 22 heavy (non-hydrogen) atoms. The number of nitrogens with zero attached hydrogens (tertiary/aromatic N) is 3. The number of hydrogen-bond donors (Lipinski definition) is 2. The molecule has 0 radical (unpaired) electrons. The quantitative estimate of drug-likeness (QED) is 0.716. The molecular weight excluding hydrogens is 288 g/mol. The van der Waals surface area contributed by atoms with E-state index in [0.29, 0.717) is 13.1 Å². The van der Waals surface area contributed by atoms with Gasteiger partial charge in [-0.3, -0.25) is 24.1 Å². The monoisotopic (exact) mass is 306 g/mol. The minimum atomic E-state index is -0.834. The average Bonchev–Trinajstić information content (AvgIpc) is 2.62. The summed E-state index contributed by atoms with van der Waals surface area (Å²) in [6.07, 6.45) is 2.77. The molecular formula is C14H18N4O4. The van der Waals surface area contributed by atoms with Crippen LogP contribution in [-0.4, -0.2) is 51.9 Å². The summed E-state index contributed by atoms with van der Waals surface area (Å²) in [5, 5.41) is 11.4. The molecule has 3 rings (SSSR count). The van der Waals surface area contributed by atoms with Crippen LogP contribution in [0.5, 0.6) is 0 Å². The maximum atomic E-state index is 12.6. The van der Waals surface area contributed by atoms with E-state index in [0.717, 1.165) is 12.5 Å². The molecule has 1 aromatic heterocycles. The van der Waals surface area contributed by atoms with Gasteiger partial charge in [-0.25, -0.2) is 0 Å². The number of amides is 2. The molecule has 3 heterocycles. The fraction of sp³-hybridized carbons (Fsp3) is 0.500. The van der Waals surface area contributed by atoms with Crippen molar-refractivity contribution in [2.24, 2.45) is 5.73 Å². The number of aliphatic hydroxyl groups excluding tert-OH is 1. The number of primary amides is 1. The third-order valence-electron chi connectivity index (χ3n) is 4.43. The predicted molar refractivity (Wildman–Crippen MR) is 78.0 cm³/mol. The Hall–Kier alpha value is -2.35. The first-order valence-corrected chi connectivity index (χ1v) is 7.19. The summed E-state index contributed by atoms with van der Waals surface area (Å²) in [5.41, 5.74) is 4.67. The van der Waals surface area contributed by atoms with Crippen molar-refractivity contribution in [3.05, 3.63) is 33.7 Å². The SMILES string of the molecule is CC1CCC(CO)N2CN1C(=O)c1cc(=O)c(C(N)=O)cn12. The first kappa shape index (κ1) is 14.6. The number of nitrogens with two attached hydrogens (primary N) is 1. The lowest BCUT2D eigenvalue weighted by atomic mass is 10.1. The Labute approximate surface area is 126 Å². The summed E-state index contributed by atoms with van der Waals surface area (Å²) in [6.45, 7) is 2.17. The predicted octanol–water partition coefficient (Wildman–Crippen LogP) is -1.16. The van der Waals surface area contributed by atoms with Gasteiger partial charge in [0.05, 0.1) is 12.6 Å². The zero-order valence-corrected chi connectivity index (χ0v) is 12.2. The Bertz CT molecular complexity index is 699. The van der Waals surface area contributed by atoms with E-state index < -0.39 is 11.3 Å². The van der Waals surface area contributed by atoms with Gasteiger partial charge >= 0.3 is 0 Å². The van der Waals surface area contributed by atoms with Gasteiger partial charge < -0.3 is 15.7 Å². The topological polar surface area (TPSA) is 109 Å². The number of aromatic nitrogens is 1. The summed E-state index contributed by atoms with van der Waals surface area (Å²) < 4.78 is 1.49. The Balaban J connectivity index is 2.20. The van der Waals surface area contributed by atoms with Crippen LogP contribution in [0.25, 0.3) is 0 Å².